The van der Waals surface area contributed by atoms with Crippen molar-refractivity contribution in [1.29, 1.82) is 0 Å². The first-order valence-corrected chi connectivity index (χ1v) is 24.9. The zero-order chi connectivity index (χ0) is 43.6. The number of allylic oxidation sites excluding steroid dienone is 1. The van der Waals surface area contributed by atoms with Crippen LogP contribution in [0.15, 0.2) is 94.4 Å². The van der Waals surface area contributed by atoms with Crippen molar-refractivity contribution in [2.45, 2.75) is 162 Å². The van der Waals surface area contributed by atoms with Gasteiger partial charge in [0.2, 0.25) is 5.43 Å². The molecule has 59 heavy (non-hydrogen) atoms. The summed E-state index contributed by atoms with van der Waals surface area (Å²) in [7, 11) is -2.37. The number of hydrogen-bond donors (Lipinski definition) is 0. The Kier molecular flexibility index (Phi) is 14.1. The van der Waals surface area contributed by atoms with Gasteiger partial charge in [0.15, 0.2) is 11.2 Å². The standard InChI is InChI=1S/C51H72O7Si/c1-34(2)31-51(32-39-30-42(52)45(33-55-39)58-59(12,13)48(5,6)7,46(53)56-43-28-35(3)24-26-40(43)49(8,9)37-20-16-14-17-21-37)47(54)57-44-29-36(4)25-27-41(44)50(10,11)38-22-18-15-19-23-38/h14-23,30,33,35-36,40-41,43-44H,1,24-29,31-32H2,2-13H3/t35-,36-,40-,41-,43-,44-/m1/s1. The molecule has 7 nitrogen and oxygen atoms in total. The van der Waals surface area contributed by atoms with Gasteiger partial charge in [0.25, 0.3) is 8.32 Å². The molecule has 5 rings (SSSR count). The molecule has 0 radical (unpaired) electrons. The van der Waals surface area contributed by atoms with E-state index in [0.29, 0.717) is 30.3 Å². The average molecular weight is 825 g/mol. The van der Waals surface area contributed by atoms with Gasteiger partial charge in [0.1, 0.15) is 24.2 Å². The first kappa shape index (κ1) is 46.2. The van der Waals surface area contributed by atoms with Crippen LogP contribution >= 0.6 is 0 Å². The summed E-state index contributed by atoms with van der Waals surface area (Å²) >= 11 is 0. The lowest BCUT2D eigenvalue weighted by atomic mass is 9.64. The molecule has 3 aromatic rings. The van der Waals surface area contributed by atoms with Crippen LogP contribution in [0.3, 0.4) is 0 Å². The van der Waals surface area contributed by atoms with E-state index >= 15 is 9.59 Å². The van der Waals surface area contributed by atoms with Crippen LogP contribution in [0.2, 0.25) is 18.1 Å². The maximum atomic E-state index is 15.4. The fourth-order valence-electron chi connectivity index (χ4n) is 9.51. The summed E-state index contributed by atoms with van der Waals surface area (Å²) in [6.07, 6.45) is 5.30. The minimum absolute atomic E-state index is 0.00328. The van der Waals surface area contributed by atoms with E-state index in [2.05, 4.69) is 106 Å². The van der Waals surface area contributed by atoms with Crippen molar-refractivity contribution in [3.63, 3.8) is 0 Å². The minimum Gasteiger partial charge on any atom is -0.539 e. The van der Waals surface area contributed by atoms with Gasteiger partial charge in [-0.1, -0.05) is 141 Å². The van der Waals surface area contributed by atoms with Crippen LogP contribution in [0.5, 0.6) is 5.75 Å². The zero-order valence-corrected chi connectivity index (χ0v) is 39.1. The highest BCUT2D eigenvalue weighted by Gasteiger charge is 2.54. The van der Waals surface area contributed by atoms with Gasteiger partial charge in [0, 0.05) is 24.3 Å². The van der Waals surface area contributed by atoms with Crippen LogP contribution in [-0.4, -0.2) is 32.5 Å². The third kappa shape index (κ3) is 10.3. The Bertz CT molecular complexity index is 1880. The second-order valence-electron chi connectivity index (χ2n) is 20.9. The average Bonchev–Trinajstić information content (AvgIpc) is 3.15. The molecule has 0 saturated heterocycles. The Hall–Kier alpha value is -3.91. The molecule has 0 unspecified atom stereocenters. The molecule has 322 valence electrons. The minimum atomic E-state index is -2.37. The zero-order valence-electron chi connectivity index (χ0n) is 38.1. The van der Waals surface area contributed by atoms with Crippen molar-refractivity contribution in [1.82, 2.24) is 0 Å². The molecule has 2 fully saturated rings. The fourth-order valence-corrected chi connectivity index (χ4v) is 10.5. The van der Waals surface area contributed by atoms with Crippen molar-refractivity contribution < 1.29 is 27.9 Å². The van der Waals surface area contributed by atoms with Crippen molar-refractivity contribution in [3.8, 4) is 5.75 Å². The number of esters is 2. The number of carbonyl (C=O) groups excluding carboxylic acids is 2. The van der Waals surface area contributed by atoms with Gasteiger partial charge in [-0.25, -0.2) is 0 Å². The van der Waals surface area contributed by atoms with Crippen molar-refractivity contribution >= 4 is 20.3 Å². The number of benzene rings is 2. The number of hydrogen-bond acceptors (Lipinski definition) is 7. The third-order valence-corrected chi connectivity index (χ3v) is 18.7. The monoisotopic (exact) mass is 825 g/mol. The summed E-state index contributed by atoms with van der Waals surface area (Å²) in [5.74, 6) is -0.351. The predicted molar refractivity (Wildman–Crippen MR) is 240 cm³/mol. The second-order valence-corrected chi connectivity index (χ2v) is 25.7. The molecule has 2 saturated carbocycles. The normalized spacial score (nSPS) is 23.3. The highest BCUT2D eigenvalue weighted by atomic mass is 28.4. The van der Waals surface area contributed by atoms with E-state index in [-0.39, 0.29) is 57.5 Å². The van der Waals surface area contributed by atoms with Gasteiger partial charge in [0.05, 0.1) is 0 Å². The number of rotatable bonds is 14. The number of carbonyl (C=O) groups is 2. The molecule has 0 aliphatic heterocycles. The maximum absolute atomic E-state index is 15.4. The Morgan fingerprint density at radius 3 is 1.58 bits per heavy atom. The van der Waals surface area contributed by atoms with E-state index in [1.54, 1.807) is 0 Å². The number of ether oxygens (including phenoxy) is 2. The first-order valence-electron chi connectivity index (χ1n) is 22.0. The summed E-state index contributed by atoms with van der Waals surface area (Å²) in [5.41, 5.74) is 0.111. The summed E-state index contributed by atoms with van der Waals surface area (Å²) < 4.78 is 26.0. The van der Waals surface area contributed by atoms with Crippen molar-refractivity contribution in [2.75, 3.05) is 0 Å². The molecular formula is C51H72O7Si. The molecule has 6 atom stereocenters. The summed E-state index contributed by atoms with van der Waals surface area (Å²) in [5, 5.41) is -0.143. The van der Waals surface area contributed by atoms with Gasteiger partial charge >= 0.3 is 11.9 Å². The lowest BCUT2D eigenvalue weighted by Crippen LogP contribution is -2.51. The van der Waals surface area contributed by atoms with Gasteiger partial charge in [-0.2, -0.15) is 0 Å². The van der Waals surface area contributed by atoms with Crippen molar-refractivity contribution in [2.24, 2.45) is 29.1 Å². The maximum Gasteiger partial charge on any atom is 0.324 e. The van der Waals surface area contributed by atoms with Crippen LogP contribution in [0.4, 0.5) is 0 Å². The van der Waals surface area contributed by atoms with E-state index in [1.165, 1.54) is 23.5 Å². The van der Waals surface area contributed by atoms with Gasteiger partial charge in [-0.15, -0.1) is 6.58 Å². The van der Waals surface area contributed by atoms with Gasteiger partial charge in [-0.05, 0) is 91.0 Å². The van der Waals surface area contributed by atoms with Crippen LogP contribution in [0, 0.1) is 29.1 Å². The van der Waals surface area contributed by atoms with Gasteiger partial charge in [-0.3, -0.25) is 14.4 Å². The quantitative estimate of drug-likeness (QED) is 0.0692. The van der Waals surface area contributed by atoms with Crippen LogP contribution < -0.4 is 9.85 Å². The molecule has 0 amide bonds. The summed E-state index contributed by atoms with van der Waals surface area (Å²) in [4.78, 5) is 44.5. The topological polar surface area (TPSA) is 92.0 Å². The summed E-state index contributed by atoms with van der Waals surface area (Å²) in [6.45, 7) is 29.8. The molecule has 0 bridgehead atoms. The van der Waals surface area contributed by atoms with E-state index in [1.807, 2.05) is 43.3 Å². The highest BCUT2D eigenvalue weighted by Crippen LogP contribution is 2.48. The molecule has 0 N–H and O–H groups in total. The smallest absolute Gasteiger partial charge is 0.324 e. The third-order valence-electron chi connectivity index (χ3n) is 14.4. The molecule has 2 aromatic carbocycles. The Balaban J connectivity index is 1.58. The summed E-state index contributed by atoms with van der Waals surface area (Å²) in [6, 6.07) is 22.1. The van der Waals surface area contributed by atoms with E-state index in [9.17, 15) is 4.79 Å². The Morgan fingerprint density at radius 1 is 0.746 bits per heavy atom. The molecular weight excluding hydrogens is 753 g/mol. The van der Waals surface area contributed by atoms with Crippen LogP contribution in [-0.2, 0) is 36.3 Å². The Labute approximate surface area is 355 Å². The first-order chi connectivity index (χ1) is 27.5. The second kappa shape index (κ2) is 18.0. The van der Waals surface area contributed by atoms with Crippen LogP contribution in [0.1, 0.15) is 131 Å². The fraction of sp³-hybridized carbons (Fsp3) is 0.588. The SMILES string of the molecule is C=C(C)CC(Cc1cc(=O)c(O[Si](C)(C)C(C)(C)C)co1)(C(=O)O[C@@H]1C[C@H](C)CC[C@H]1C(C)(C)c1ccccc1)C(=O)O[C@@H]1C[C@H](C)CC[C@H]1C(C)(C)c1ccccc1. The lowest BCUT2D eigenvalue weighted by molar-refractivity contribution is -0.187. The molecule has 2 aliphatic carbocycles. The lowest BCUT2D eigenvalue weighted by Gasteiger charge is -2.46. The van der Waals surface area contributed by atoms with E-state index < -0.39 is 37.9 Å². The molecule has 1 heterocycles. The molecule has 2 aliphatic rings. The molecule has 1 aromatic heterocycles. The van der Waals surface area contributed by atoms with Gasteiger partial charge < -0.3 is 18.3 Å². The van der Waals surface area contributed by atoms with Crippen molar-refractivity contribution in [3.05, 3.63) is 112 Å². The molecule has 0 spiro atoms. The largest absolute Gasteiger partial charge is 0.539 e. The van der Waals surface area contributed by atoms with E-state index in [0.717, 1.165) is 25.7 Å². The van der Waals surface area contributed by atoms with E-state index in [4.69, 9.17) is 18.3 Å². The Morgan fingerprint density at radius 2 is 1.19 bits per heavy atom. The predicted octanol–water partition coefficient (Wildman–Crippen LogP) is 12.2. The highest BCUT2D eigenvalue weighted by molar-refractivity contribution is 6.74. The van der Waals surface area contributed by atoms with Crippen LogP contribution in [0.25, 0.3) is 0 Å². The molecule has 8 heteroatoms.